The van der Waals surface area contributed by atoms with Gasteiger partial charge in [-0.05, 0) is 35.4 Å². The molecule has 1 heterocycles. The van der Waals surface area contributed by atoms with Crippen LogP contribution < -0.4 is 10.1 Å². The largest absolute Gasteiger partial charge is 0.497 e. The van der Waals surface area contributed by atoms with Gasteiger partial charge >= 0.3 is 0 Å². The number of amides is 1. The zero-order chi connectivity index (χ0) is 21.9. The Kier molecular flexibility index (Phi) is 8.70. The van der Waals surface area contributed by atoms with Gasteiger partial charge in [-0.2, -0.15) is 0 Å². The van der Waals surface area contributed by atoms with Gasteiger partial charge in [-0.1, -0.05) is 42.5 Å². The van der Waals surface area contributed by atoms with Crippen LogP contribution in [0.15, 0.2) is 72.9 Å². The predicted molar refractivity (Wildman–Crippen MR) is 122 cm³/mol. The van der Waals surface area contributed by atoms with Crippen LogP contribution in [-0.2, 0) is 29.2 Å². The molecule has 0 spiro atoms. The van der Waals surface area contributed by atoms with Gasteiger partial charge in [0.15, 0.2) is 0 Å². The number of aromatic nitrogens is 1. The van der Waals surface area contributed by atoms with Gasteiger partial charge < -0.3 is 24.3 Å². The van der Waals surface area contributed by atoms with E-state index in [9.17, 15) is 4.79 Å². The third-order valence-corrected chi connectivity index (χ3v) is 5.09. The minimum atomic E-state index is 0.0640. The van der Waals surface area contributed by atoms with Gasteiger partial charge in [0.25, 0.3) is 0 Å². The van der Waals surface area contributed by atoms with Crippen LogP contribution in [-0.4, -0.2) is 49.3 Å². The van der Waals surface area contributed by atoms with E-state index in [2.05, 4.69) is 28.2 Å². The summed E-state index contributed by atoms with van der Waals surface area (Å²) < 4.78 is 12.6. The lowest BCUT2D eigenvalue weighted by Crippen LogP contribution is -2.38. The lowest BCUT2D eigenvalue weighted by molar-refractivity contribution is -0.131. The third-order valence-electron chi connectivity index (χ3n) is 5.09. The standard InChI is InChI=1S/C25H31N3O3/c1-30-15-13-26-17-25(29)28(18-21-8-4-3-5-9-21)20-23-11-7-14-27(23)19-22-10-6-12-24(16-22)31-2/h3-12,14,16,26H,13,15,17-20H2,1-2H3. The van der Waals surface area contributed by atoms with Gasteiger partial charge in [0, 0.05) is 38.6 Å². The number of rotatable bonds is 12. The number of nitrogens with zero attached hydrogens (tertiary/aromatic N) is 2. The molecule has 6 heteroatoms. The molecule has 0 aliphatic rings. The van der Waals surface area contributed by atoms with Gasteiger partial charge in [0.2, 0.25) is 5.91 Å². The van der Waals surface area contributed by atoms with Crippen LogP contribution in [0.5, 0.6) is 5.75 Å². The van der Waals surface area contributed by atoms with Crippen LogP contribution in [0.2, 0.25) is 0 Å². The Morgan fingerprint density at radius 1 is 0.968 bits per heavy atom. The fourth-order valence-corrected chi connectivity index (χ4v) is 3.43. The zero-order valence-electron chi connectivity index (χ0n) is 18.3. The van der Waals surface area contributed by atoms with E-state index in [0.29, 0.717) is 26.2 Å². The molecule has 164 valence electrons. The quantitative estimate of drug-likeness (QED) is 0.456. The molecule has 1 N–H and O–H groups in total. The maximum absolute atomic E-state index is 13.0. The molecule has 31 heavy (non-hydrogen) atoms. The van der Waals surface area contributed by atoms with E-state index in [1.807, 2.05) is 59.5 Å². The Morgan fingerprint density at radius 3 is 2.55 bits per heavy atom. The zero-order valence-corrected chi connectivity index (χ0v) is 18.3. The molecule has 0 radical (unpaired) electrons. The van der Waals surface area contributed by atoms with Crippen molar-refractivity contribution < 1.29 is 14.3 Å². The van der Waals surface area contributed by atoms with Crippen molar-refractivity contribution >= 4 is 5.91 Å². The molecule has 0 saturated carbocycles. The van der Waals surface area contributed by atoms with E-state index in [1.54, 1.807) is 14.2 Å². The van der Waals surface area contributed by atoms with Crippen molar-refractivity contribution in [3.8, 4) is 5.75 Å². The first-order valence-corrected chi connectivity index (χ1v) is 10.5. The number of nitrogens with one attached hydrogen (secondary N) is 1. The average molecular weight is 422 g/mol. The number of methoxy groups -OCH3 is 2. The van der Waals surface area contributed by atoms with Gasteiger partial charge in [0.1, 0.15) is 5.75 Å². The first-order chi connectivity index (χ1) is 15.2. The van der Waals surface area contributed by atoms with Crippen LogP contribution in [0.25, 0.3) is 0 Å². The number of hydrogen-bond acceptors (Lipinski definition) is 4. The number of hydrogen-bond donors (Lipinski definition) is 1. The topological polar surface area (TPSA) is 55.7 Å². The fraction of sp³-hybridized carbons (Fsp3) is 0.320. The number of benzene rings is 2. The SMILES string of the molecule is COCCNCC(=O)N(Cc1ccccc1)Cc1cccn1Cc1cccc(OC)c1. The summed E-state index contributed by atoms with van der Waals surface area (Å²) in [6, 6.07) is 22.2. The number of carbonyl (C=O) groups is 1. The summed E-state index contributed by atoms with van der Waals surface area (Å²) in [5.41, 5.74) is 3.35. The molecule has 6 nitrogen and oxygen atoms in total. The molecule has 0 saturated heterocycles. The smallest absolute Gasteiger partial charge is 0.237 e. The molecule has 1 aromatic heterocycles. The summed E-state index contributed by atoms with van der Waals surface area (Å²) in [7, 11) is 3.33. The molecule has 2 aromatic carbocycles. The second kappa shape index (κ2) is 11.9. The average Bonchev–Trinajstić information content (AvgIpc) is 3.23. The summed E-state index contributed by atoms with van der Waals surface area (Å²) in [6.45, 7) is 3.33. The molecule has 1 amide bonds. The van der Waals surface area contributed by atoms with Crippen molar-refractivity contribution in [1.29, 1.82) is 0 Å². The van der Waals surface area contributed by atoms with Crippen molar-refractivity contribution in [2.45, 2.75) is 19.6 Å². The summed E-state index contributed by atoms with van der Waals surface area (Å²) in [6.07, 6.45) is 2.05. The third kappa shape index (κ3) is 6.98. The highest BCUT2D eigenvalue weighted by Crippen LogP contribution is 2.17. The van der Waals surface area contributed by atoms with E-state index in [-0.39, 0.29) is 12.5 Å². The van der Waals surface area contributed by atoms with Gasteiger partial charge in [-0.3, -0.25) is 4.79 Å². The van der Waals surface area contributed by atoms with Crippen LogP contribution in [0.4, 0.5) is 0 Å². The number of ether oxygens (including phenoxy) is 2. The molecule has 3 rings (SSSR count). The maximum atomic E-state index is 13.0. The van der Waals surface area contributed by atoms with Gasteiger partial charge in [0.05, 0.1) is 26.8 Å². The van der Waals surface area contributed by atoms with E-state index in [0.717, 1.165) is 29.1 Å². The molecular weight excluding hydrogens is 390 g/mol. The van der Waals surface area contributed by atoms with Crippen molar-refractivity contribution in [3.05, 3.63) is 89.7 Å². The van der Waals surface area contributed by atoms with Crippen LogP contribution in [0.3, 0.4) is 0 Å². The molecule has 0 aliphatic carbocycles. The Morgan fingerprint density at radius 2 is 1.77 bits per heavy atom. The van der Waals surface area contributed by atoms with Crippen LogP contribution in [0, 0.1) is 0 Å². The lowest BCUT2D eigenvalue weighted by atomic mass is 10.2. The molecule has 0 atom stereocenters. The van der Waals surface area contributed by atoms with Crippen molar-refractivity contribution in [2.75, 3.05) is 33.9 Å². The summed E-state index contributed by atoms with van der Waals surface area (Å²) in [5, 5.41) is 3.16. The summed E-state index contributed by atoms with van der Waals surface area (Å²) >= 11 is 0. The maximum Gasteiger partial charge on any atom is 0.237 e. The van der Waals surface area contributed by atoms with Gasteiger partial charge in [-0.15, -0.1) is 0 Å². The van der Waals surface area contributed by atoms with Crippen molar-refractivity contribution in [2.24, 2.45) is 0 Å². The Balaban J connectivity index is 1.72. The van der Waals surface area contributed by atoms with E-state index >= 15 is 0 Å². The Hall–Kier alpha value is -3.09. The molecule has 0 aliphatic heterocycles. The minimum Gasteiger partial charge on any atom is -0.497 e. The molecule has 0 fully saturated rings. The number of carbonyl (C=O) groups excluding carboxylic acids is 1. The summed E-state index contributed by atoms with van der Waals surface area (Å²) in [5.74, 6) is 0.906. The van der Waals surface area contributed by atoms with E-state index < -0.39 is 0 Å². The highest BCUT2D eigenvalue weighted by Gasteiger charge is 2.16. The lowest BCUT2D eigenvalue weighted by Gasteiger charge is -2.24. The monoisotopic (exact) mass is 421 g/mol. The second-order valence-electron chi connectivity index (χ2n) is 7.38. The van der Waals surface area contributed by atoms with Crippen LogP contribution in [0.1, 0.15) is 16.8 Å². The predicted octanol–water partition coefficient (Wildman–Crippen LogP) is 3.31. The molecule has 0 bridgehead atoms. The first kappa shape index (κ1) is 22.6. The van der Waals surface area contributed by atoms with Gasteiger partial charge in [-0.25, -0.2) is 0 Å². The first-order valence-electron chi connectivity index (χ1n) is 10.5. The van der Waals surface area contributed by atoms with E-state index in [4.69, 9.17) is 9.47 Å². The normalized spacial score (nSPS) is 10.8. The Bertz CT molecular complexity index is 940. The second-order valence-corrected chi connectivity index (χ2v) is 7.38. The van der Waals surface area contributed by atoms with Crippen LogP contribution >= 0.6 is 0 Å². The van der Waals surface area contributed by atoms with Crippen molar-refractivity contribution in [3.63, 3.8) is 0 Å². The molecule has 3 aromatic rings. The van der Waals surface area contributed by atoms with E-state index in [1.165, 1.54) is 0 Å². The fourth-order valence-electron chi connectivity index (χ4n) is 3.43. The molecule has 0 unspecified atom stereocenters. The highest BCUT2D eigenvalue weighted by atomic mass is 16.5. The molecular formula is C25H31N3O3. The minimum absolute atomic E-state index is 0.0640. The highest BCUT2D eigenvalue weighted by molar-refractivity contribution is 5.78. The summed E-state index contributed by atoms with van der Waals surface area (Å²) in [4.78, 5) is 14.9. The van der Waals surface area contributed by atoms with Crippen molar-refractivity contribution in [1.82, 2.24) is 14.8 Å². The Labute approximate surface area is 184 Å².